The highest BCUT2D eigenvalue weighted by Crippen LogP contribution is 2.18. The number of hydrogen-bond donors (Lipinski definition) is 1. The van der Waals surface area contributed by atoms with Crippen molar-refractivity contribution in [2.45, 2.75) is 12.8 Å². The molecule has 0 saturated heterocycles. The van der Waals surface area contributed by atoms with Crippen LogP contribution in [0.3, 0.4) is 0 Å². The molecule has 0 fully saturated rings. The second-order valence-corrected chi connectivity index (χ2v) is 3.90. The average molecular weight is 215 g/mol. The molecule has 3 heteroatoms. The summed E-state index contributed by atoms with van der Waals surface area (Å²) in [6.45, 7) is 0.728. The van der Waals surface area contributed by atoms with Crippen molar-refractivity contribution in [1.29, 1.82) is 0 Å². The normalized spacial score (nSPS) is 10.6. The third-order valence-electron chi connectivity index (χ3n) is 2.68. The molecule has 0 unspecified atom stereocenters. The molecule has 0 aliphatic rings. The van der Waals surface area contributed by atoms with E-state index >= 15 is 0 Å². The molecule has 2 rings (SSSR count). The molecule has 0 spiro atoms. The zero-order valence-electron chi connectivity index (χ0n) is 9.56. The molecule has 0 amide bonds. The van der Waals surface area contributed by atoms with Crippen molar-refractivity contribution in [2.24, 2.45) is 12.8 Å². The van der Waals surface area contributed by atoms with Crippen molar-refractivity contribution in [1.82, 2.24) is 9.78 Å². The van der Waals surface area contributed by atoms with E-state index in [1.54, 1.807) is 0 Å². The minimum atomic E-state index is 0.728. The second kappa shape index (κ2) is 4.94. The molecule has 0 saturated carbocycles. The van der Waals surface area contributed by atoms with Gasteiger partial charge >= 0.3 is 0 Å². The zero-order valence-corrected chi connectivity index (χ0v) is 9.56. The van der Waals surface area contributed by atoms with Gasteiger partial charge in [-0.05, 0) is 25.5 Å². The van der Waals surface area contributed by atoms with Gasteiger partial charge in [0.2, 0.25) is 0 Å². The number of aromatic nitrogens is 2. The van der Waals surface area contributed by atoms with E-state index in [2.05, 4.69) is 23.3 Å². The Kier molecular flexibility index (Phi) is 3.37. The Labute approximate surface area is 95.9 Å². The lowest BCUT2D eigenvalue weighted by Gasteiger charge is -1.98. The third kappa shape index (κ3) is 2.31. The highest BCUT2D eigenvalue weighted by atomic mass is 15.3. The van der Waals surface area contributed by atoms with Crippen LogP contribution in [0.5, 0.6) is 0 Å². The first-order chi connectivity index (χ1) is 7.81. The standard InChI is InChI=1S/C13H17N3/c1-16-12(8-5-9-14)10-13(15-16)11-6-3-2-4-7-11/h2-4,6-7,10H,5,8-9,14H2,1H3. The molecule has 16 heavy (non-hydrogen) atoms. The summed E-state index contributed by atoms with van der Waals surface area (Å²) in [6.07, 6.45) is 2.00. The van der Waals surface area contributed by atoms with Crippen molar-refractivity contribution >= 4 is 0 Å². The lowest BCUT2D eigenvalue weighted by atomic mass is 10.1. The first-order valence-corrected chi connectivity index (χ1v) is 5.59. The van der Waals surface area contributed by atoms with E-state index in [0.717, 1.165) is 30.6 Å². The number of nitrogens with two attached hydrogens (primary N) is 1. The van der Waals surface area contributed by atoms with Crippen LogP contribution in [0.1, 0.15) is 12.1 Å². The molecule has 2 N–H and O–H groups in total. The molecule has 1 aromatic carbocycles. The van der Waals surface area contributed by atoms with E-state index in [-0.39, 0.29) is 0 Å². The number of nitrogens with zero attached hydrogens (tertiary/aromatic N) is 2. The maximum atomic E-state index is 5.51. The smallest absolute Gasteiger partial charge is 0.0925 e. The minimum absolute atomic E-state index is 0.728. The molecular weight excluding hydrogens is 198 g/mol. The monoisotopic (exact) mass is 215 g/mol. The minimum Gasteiger partial charge on any atom is -0.330 e. The summed E-state index contributed by atoms with van der Waals surface area (Å²) in [7, 11) is 1.98. The van der Waals surface area contributed by atoms with Crippen molar-refractivity contribution < 1.29 is 0 Å². The fourth-order valence-electron chi connectivity index (χ4n) is 1.77. The molecule has 0 bridgehead atoms. The quantitative estimate of drug-likeness (QED) is 0.847. The SMILES string of the molecule is Cn1nc(-c2ccccc2)cc1CCCN. The fourth-order valence-corrected chi connectivity index (χ4v) is 1.77. The van der Waals surface area contributed by atoms with E-state index in [0.29, 0.717) is 0 Å². The van der Waals surface area contributed by atoms with Crippen LogP contribution in [0.4, 0.5) is 0 Å². The van der Waals surface area contributed by atoms with Crippen LogP contribution in [0.2, 0.25) is 0 Å². The van der Waals surface area contributed by atoms with Gasteiger partial charge in [-0.2, -0.15) is 5.10 Å². The van der Waals surface area contributed by atoms with Crippen LogP contribution in [0, 0.1) is 0 Å². The molecule has 0 aliphatic carbocycles. The molecule has 0 atom stereocenters. The van der Waals surface area contributed by atoms with Crippen LogP contribution in [-0.2, 0) is 13.5 Å². The summed E-state index contributed by atoms with van der Waals surface area (Å²) in [4.78, 5) is 0. The van der Waals surface area contributed by atoms with Gasteiger partial charge in [0.1, 0.15) is 0 Å². The summed E-state index contributed by atoms with van der Waals surface area (Å²) in [5, 5.41) is 4.51. The number of benzene rings is 1. The molecule has 0 aliphatic heterocycles. The molecule has 1 heterocycles. The Morgan fingerprint density at radius 2 is 2.00 bits per heavy atom. The molecule has 2 aromatic rings. The Bertz CT molecular complexity index is 445. The van der Waals surface area contributed by atoms with Crippen LogP contribution in [0.25, 0.3) is 11.3 Å². The topological polar surface area (TPSA) is 43.8 Å². The average Bonchev–Trinajstić information content (AvgIpc) is 2.69. The van der Waals surface area contributed by atoms with Crippen molar-refractivity contribution in [2.75, 3.05) is 6.54 Å². The van der Waals surface area contributed by atoms with Gasteiger partial charge in [-0.1, -0.05) is 30.3 Å². The van der Waals surface area contributed by atoms with Crippen LogP contribution < -0.4 is 5.73 Å². The van der Waals surface area contributed by atoms with Gasteiger partial charge < -0.3 is 5.73 Å². The van der Waals surface area contributed by atoms with Gasteiger partial charge in [0, 0.05) is 18.3 Å². The lowest BCUT2D eigenvalue weighted by Crippen LogP contribution is -2.03. The number of rotatable bonds is 4. The van der Waals surface area contributed by atoms with Gasteiger partial charge in [0.05, 0.1) is 5.69 Å². The van der Waals surface area contributed by atoms with Crippen LogP contribution in [0.15, 0.2) is 36.4 Å². The van der Waals surface area contributed by atoms with E-state index in [4.69, 9.17) is 5.73 Å². The Morgan fingerprint density at radius 3 is 2.69 bits per heavy atom. The van der Waals surface area contributed by atoms with Gasteiger partial charge in [-0.15, -0.1) is 0 Å². The molecule has 0 radical (unpaired) electrons. The van der Waals surface area contributed by atoms with Crippen molar-refractivity contribution in [3.05, 3.63) is 42.1 Å². The first-order valence-electron chi connectivity index (χ1n) is 5.59. The molecule has 84 valence electrons. The lowest BCUT2D eigenvalue weighted by molar-refractivity contribution is 0.687. The third-order valence-corrected chi connectivity index (χ3v) is 2.68. The van der Waals surface area contributed by atoms with E-state index in [9.17, 15) is 0 Å². The summed E-state index contributed by atoms with van der Waals surface area (Å²) < 4.78 is 1.94. The largest absolute Gasteiger partial charge is 0.330 e. The predicted molar refractivity (Wildman–Crippen MR) is 66.0 cm³/mol. The van der Waals surface area contributed by atoms with Gasteiger partial charge in [0.15, 0.2) is 0 Å². The van der Waals surface area contributed by atoms with Gasteiger partial charge in [-0.3, -0.25) is 4.68 Å². The van der Waals surface area contributed by atoms with Crippen molar-refractivity contribution in [3.63, 3.8) is 0 Å². The van der Waals surface area contributed by atoms with E-state index < -0.39 is 0 Å². The zero-order chi connectivity index (χ0) is 11.4. The second-order valence-electron chi connectivity index (χ2n) is 3.90. The Morgan fingerprint density at radius 1 is 1.25 bits per heavy atom. The molecule has 1 aromatic heterocycles. The predicted octanol–water partition coefficient (Wildman–Crippen LogP) is 1.98. The first kappa shape index (κ1) is 10.9. The molecular formula is C13H17N3. The highest BCUT2D eigenvalue weighted by Gasteiger charge is 2.05. The maximum absolute atomic E-state index is 5.51. The summed E-state index contributed by atoms with van der Waals surface area (Å²) in [6, 6.07) is 12.4. The van der Waals surface area contributed by atoms with Crippen LogP contribution in [-0.4, -0.2) is 16.3 Å². The van der Waals surface area contributed by atoms with E-state index in [1.807, 2.05) is 29.9 Å². The number of aryl methyl sites for hydroxylation is 2. The Hall–Kier alpha value is -1.61. The summed E-state index contributed by atoms with van der Waals surface area (Å²) >= 11 is 0. The van der Waals surface area contributed by atoms with Gasteiger partial charge in [-0.25, -0.2) is 0 Å². The highest BCUT2D eigenvalue weighted by molar-refractivity contribution is 5.59. The van der Waals surface area contributed by atoms with Gasteiger partial charge in [0.25, 0.3) is 0 Å². The van der Waals surface area contributed by atoms with E-state index in [1.165, 1.54) is 5.69 Å². The summed E-state index contributed by atoms with van der Waals surface area (Å²) in [5.41, 5.74) is 8.96. The maximum Gasteiger partial charge on any atom is 0.0925 e. The van der Waals surface area contributed by atoms with Crippen LogP contribution >= 0.6 is 0 Å². The fraction of sp³-hybridized carbons (Fsp3) is 0.308. The number of hydrogen-bond acceptors (Lipinski definition) is 2. The van der Waals surface area contributed by atoms with Crippen molar-refractivity contribution in [3.8, 4) is 11.3 Å². The molecule has 3 nitrogen and oxygen atoms in total. The summed E-state index contributed by atoms with van der Waals surface area (Å²) in [5.74, 6) is 0. The Balaban J connectivity index is 2.24.